The van der Waals surface area contributed by atoms with Crippen LogP contribution in [0.2, 0.25) is 0 Å². The number of rotatable bonds is 7. The van der Waals surface area contributed by atoms with Gasteiger partial charge in [0, 0.05) is 26.7 Å². The predicted molar refractivity (Wildman–Crippen MR) is 139 cm³/mol. The van der Waals surface area contributed by atoms with Gasteiger partial charge >= 0.3 is 0 Å². The molecule has 0 radical (unpaired) electrons. The van der Waals surface area contributed by atoms with Crippen molar-refractivity contribution in [2.75, 3.05) is 31.6 Å². The van der Waals surface area contributed by atoms with Gasteiger partial charge in [0.05, 0.1) is 5.56 Å². The van der Waals surface area contributed by atoms with Gasteiger partial charge in [0.15, 0.2) is 5.82 Å². The molecule has 0 bridgehead atoms. The molecule has 0 spiro atoms. The normalized spacial score (nSPS) is 17.9. The summed E-state index contributed by atoms with van der Waals surface area (Å²) in [4.78, 5) is 17.9. The lowest BCUT2D eigenvalue weighted by molar-refractivity contribution is 0.215. The fourth-order valence-corrected chi connectivity index (χ4v) is 5.42. The number of aryl methyl sites for hydroxylation is 1. The highest BCUT2D eigenvalue weighted by molar-refractivity contribution is 5.69. The Labute approximate surface area is 207 Å². The zero-order valence-electron chi connectivity index (χ0n) is 21.0. The standard InChI is InChI=1S/C28H35N5O2/c1-4-33-17-9-13-22(18-33)31(2)27-28(34)32(3)26(29-30-27)24-16-15-21-12-8-14-23(21)25(24)35-19-20-10-6-5-7-11-20/h5-7,10-11,15-16,22H,4,8-9,12-14,17-19H2,1-3H3/t22-/m1/s1. The molecule has 0 unspecified atom stereocenters. The smallest absolute Gasteiger partial charge is 0.296 e. The van der Waals surface area contributed by atoms with E-state index in [0.29, 0.717) is 18.2 Å². The largest absolute Gasteiger partial charge is 0.488 e. The van der Waals surface area contributed by atoms with E-state index in [0.717, 1.165) is 68.6 Å². The molecule has 0 amide bonds. The van der Waals surface area contributed by atoms with Crippen molar-refractivity contribution in [3.63, 3.8) is 0 Å². The summed E-state index contributed by atoms with van der Waals surface area (Å²) in [6.45, 7) is 5.75. The summed E-state index contributed by atoms with van der Waals surface area (Å²) in [6.07, 6.45) is 5.34. The summed E-state index contributed by atoms with van der Waals surface area (Å²) in [5, 5.41) is 9.05. The molecule has 184 valence electrons. The first-order valence-electron chi connectivity index (χ1n) is 12.8. The number of aromatic nitrogens is 3. The maximum absolute atomic E-state index is 13.5. The highest BCUT2D eigenvalue weighted by atomic mass is 16.5. The van der Waals surface area contributed by atoms with E-state index < -0.39 is 0 Å². The van der Waals surface area contributed by atoms with Crippen LogP contribution in [0, 0.1) is 0 Å². The lowest BCUT2D eigenvalue weighted by Gasteiger charge is -2.37. The Morgan fingerprint density at radius 1 is 1.09 bits per heavy atom. The second kappa shape index (κ2) is 10.2. The first-order valence-corrected chi connectivity index (χ1v) is 12.8. The maximum atomic E-state index is 13.5. The minimum atomic E-state index is -0.124. The second-order valence-electron chi connectivity index (χ2n) is 9.72. The van der Waals surface area contributed by atoms with Crippen LogP contribution >= 0.6 is 0 Å². The molecule has 0 saturated carbocycles. The van der Waals surface area contributed by atoms with Gasteiger partial charge in [0.2, 0.25) is 5.82 Å². The van der Waals surface area contributed by atoms with Crippen molar-refractivity contribution in [3.05, 3.63) is 69.5 Å². The minimum absolute atomic E-state index is 0.124. The number of likely N-dealkylation sites (tertiary alicyclic amines) is 1. The predicted octanol–water partition coefficient (Wildman–Crippen LogP) is 3.83. The van der Waals surface area contributed by atoms with Crippen LogP contribution in [-0.4, -0.2) is 52.4 Å². The third kappa shape index (κ3) is 4.69. The number of likely N-dealkylation sites (N-methyl/N-ethyl adjacent to an activating group) is 2. The van der Waals surface area contributed by atoms with Crippen LogP contribution in [0.5, 0.6) is 5.75 Å². The Balaban J connectivity index is 1.48. The van der Waals surface area contributed by atoms with Gasteiger partial charge in [0.25, 0.3) is 5.56 Å². The number of fused-ring (bicyclic) bond motifs is 1. The van der Waals surface area contributed by atoms with E-state index in [1.807, 2.05) is 36.2 Å². The quantitative estimate of drug-likeness (QED) is 0.520. The maximum Gasteiger partial charge on any atom is 0.296 e. The average Bonchev–Trinajstić information content (AvgIpc) is 3.38. The molecule has 1 aliphatic heterocycles. The highest BCUT2D eigenvalue weighted by Crippen LogP contribution is 2.39. The zero-order valence-corrected chi connectivity index (χ0v) is 21.0. The molecule has 5 rings (SSSR count). The Bertz CT molecular complexity index is 1240. The molecular weight excluding hydrogens is 438 g/mol. The Morgan fingerprint density at radius 2 is 1.91 bits per heavy atom. The minimum Gasteiger partial charge on any atom is -0.488 e. The van der Waals surface area contributed by atoms with Crippen LogP contribution in [0.1, 0.15) is 42.9 Å². The molecule has 1 atom stereocenters. The van der Waals surface area contributed by atoms with Crippen molar-refractivity contribution in [2.45, 2.75) is 51.7 Å². The first kappa shape index (κ1) is 23.5. The molecule has 2 aliphatic rings. The fraction of sp³-hybridized carbons (Fsp3) is 0.464. The number of hydrogen-bond acceptors (Lipinski definition) is 6. The number of benzene rings is 2. The average molecular weight is 474 g/mol. The third-order valence-electron chi connectivity index (χ3n) is 7.56. The van der Waals surface area contributed by atoms with Crippen molar-refractivity contribution in [2.24, 2.45) is 7.05 Å². The Kier molecular flexibility index (Phi) is 6.86. The lowest BCUT2D eigenvalue weighted by atomic mass is 10.0. The van der Waals surface area contributed by atoms with Crippen LogP contribution in [-0.2, 0) is 26.5 Å². The molecular formula is C28H35N5O2. The van der Waals surface area contributed by atoms with E-state index in [4.69, 9.17) is 4.74 Å². The van der Waals surface area contributed by atoms with Crippen LogP contribution in [0.15, 0.2) is 47.3 Å². The number of hydrogen-bond donors (Lipinski definition) is 0. The van der Waals surface area contributed by atoms with Gasteiger partial charge in [-0.2, -0.15) is 0 Å². The fourth-order valence-electron chi connectivity index (χ4n) is 5.42. The molecule has 1 fully saturated rings. The molecule has 35 heavy (non-hydrogen) atoms. The van der Waals surface area contributed by atoms with E-state index in [1.165, 1.54) is 11.1 Å². The van der Waals surface area contributed by atoms with Crippen molar-refractivity contribution < 1.29 is 4.74 Å². The summed E-state index contributed by atoms with van der Waals surface area (Å²) in [5.41, 5.74) is 4.37. The van der Waals surface area contributed by atoms with Gasteiger partial charge < -0.3 is 14.5 Å². The van der Waals surface area contributed by atoms with E-state index in [9.17, 15) is 4.79 Å². The number of nitrogens with zero attached hydrogens (tertiary/aromatic N) is 5. The van der Waals surface area contributed by atoms with Crippen LogP contribution in [0.4, 0.5) is 5.82 Å². The molecule has 7 nitrogen and oxygen atoms in total. The molecule has 0 N–H and O–H groups in total. The van der Waals surface area contributed by atoms with Crippen molar-refractivity contribution in [1.82, 2.24) is 19.7 Å². The molecule has 1 aliphatic carbocycles. The van der Waals surface area contributed by atoms with Crippen LogP contribution in [0.3, 0.4) is 0 Å². The van der Waals surface area contributed by atoms with E-state index in [1.54, 1.807) is 11.6 Å². The highest BCUT2D eigenvalue weighted by Gasteiger charge is 2.27. The summed E-state index contributed by atoms with van der Waals surface area (Å²) in [7, 11) is 3.76. The van der Waals surface area contributed by atoms with Crippen LogP contribution < -0.4 is 15.2 Å². The number of ether oxygens (including phenoxy) is 1. The summed E-state index contributed by atoms with van der Waals surface area (Å²) >= 11 is 0. The summed E-state index contributed by atoms with van der Waals surface area (Å²) < 4.78 is 8.04. The zero-order chi connectivity index (χ0) is 24.4. The lowest BCUT2D eigenvalue weighted by Crippen LogP contribution is -2.48. The van der Waals surface area contributed by atoms with Gasteiger partial charge in [-0.1, -0.05) is 43.3 Å². The first-order chi connectivity index (χ1) is 17.1. The third-order valence-corrected chi connectivity index (χ3v) is 7.56. The SMILES string of the molecule is CCN1CCC[C@@H](N(C)c2nnc(-c3ccc4c(c3OCc3ccccc3)CCC4)n(C)c2=O)C1. The molecule has 7 heteroatoms. The van der Waals surface area contributed by atoms with E-state index in [-0.39, 0.29) is 11.6 Å². The van der Waals surface area contributed by atoms with Gasteiger partial charge in [-0.05, 0) is 68.0 Å². The summed E-state index contributed by atoms with van der Waals surface area (Å²) in [5.74, 6) is 1.79. The number of anilines is 1. The molecule has 1 aromatic heterocycles. The van der Waals surface area contributed by atoms with Gasteiger partial charge in [-0.3, -0.25) is 9.36 Å². The number of piperidine rings is 1. The van der Waals surface area contributed by atoms with Crippen molar-refractivity contribution in [3.8, 4) is 17.1 Å². The van der Waals surface area contributed by atoms with Crippen molar-refractivity contribution >= 4 is 5.82 Å². The van der Waals surface area contributed by atoms with Gasteiger partial charge in [0.1, 0.15) is 12.4 Å². The molecule has 2 aromatic carbocycles. The molecule has 2 heterocycles. The molecule has 1 saturated heterocycles. The Morgan fingerprint density at radius 3 is 2.71 bits per heavy atom. The van der Waals surface area contributed by atoms with E-state index in [2.05, 4.69) is 40.2 Å². The van der Waals surface area contributed by atoms with Gasteiger partial charge in [-0.25, -0.2) is 0 Å². The monoisotopic (exact) mass is 473 g/mol. The topological polar surface area (TPSA) is 63.5 Å². The van der Waals surface area contributed by atoms with Crippen molar-refractivity contribution in [1.29, 1.82) is 0 Å². The summed E-state index contributed by atoms with van der Waals surface area (Å²) in [6, 6.07) is 14.6. The second-order valence-corrected chi connectivity index (χ2v) is 9.72. The Hall–Kier alpha value is -3.19. The van der Waals surface area contributed by atoms with E-state index >= 15 is 0 Å². The van der Waals surface area contributed by atoms with Gasteiger partial charge in [-0.15, -0.1) is 10.2 Å². The van der Waals surface area contributed by atoms with Crippen LogP contribution in [0.25, 0.3) is 11.4 Å². The molecule has 3 aromatic rings.